The van der Waals surface area contributed by atoms with Crippen LogP contribution in [0.15, 0.2) is 21.3 Å². The molecule has 2 aromatic rings. The molecular formula is C18H21NO6S. The van der Waals surface area contributed by atoms with Crippen molar-refractivity contribution in [2.24, 2.45) is 0 Å². The number of aliphatic carboxylic acids is 1. The lowest BCUT2D eigenvalue weighted by Crippen LogP contribution is -2.42. The molecule has 0 saturated heterocycles. The highest BCUT2D eigenvalue weighted by Crippen LogP contribution is 2.28. The van der Waals surface area contributed by atoms with Crippen LogP contribution in [0.3, 0.4) is 0 Å². The zero-order valence-electron chi connectivity index (χ0n) is 14.8. The van der Waals surface area contributed by atoms with Crippen molar-refractivity contribution >= 4 is 34.6 Å². The second-order valence-corrected chi connectivity index (χ2v) is 6.98. The van der Waals surface area contributed by atoms with E-state index in [9.17, 15) is 24.6 Å². The third-order valence-electron chi connectivity index (χ3n) is 4.26. The number of hydrogen-bond acceptors (Lipinski definition) is 6. The summed E-state index contributed by atoms with van der Waals surface area (Å²) >= 11 is 1.49. The summed E-state index contributed by atoms with van der Waals surface area (Å²) in [6.45, 7) is 3.33. The van der Waals surface area contributed by atoms with E-state index in [1.807, 2.05) is 6.26 Å². The molecule has 1 heterocycles. The van der Waals surface area contributed by atoms with Crippen molar-refractivity contribution in [3.05, 3.63) is 39.2 Å². The number of thioether (sulfide) groups is 1. The molecule has 7 nitrogen and oxygen atoms in total. The Morgan fingerprint density at radius 1 is 1.27 bits per heavy atom. The van der Waals surface area contributed by atoms with E-state index in [0.29, 0.717) is 28.7 Å². The minimum atomic E-state index is -1.11. The molecule has 1 aromatic carbocycles. The van der Waals surface area contributed by atoms with Crippen molar-refractivity contribution in [2.75, 3.05) is 12.0 Å². The van der Waals surface area contributed by atoms with Crippen LogP contribution in [0.2, 0.25) is 0 Å². The van der Waals surface area contributed by atoms with Gasteiger partial charge in [0, 0.05) is 10.9 Å². The highest BCUT2D eigenvalue weighted by atomic mass is 32.2. The van der Waals surface area contributed by atoms with E-state index < -0.39 is 23.5 Å². The molecule has 0 aliphatic carbocycles. The number of rotatable bonds is 7. The Hall–Kier alpha value is -2.48. The number of carbonyl (C=O) groups is 2. The number of amides is 1. The van der Waals surface area contributed by atoms with E-state index in [1.165, 1.54) is 17.8 Å². The number of phenols is 1. The topological polar surface area (TPSA) is 117 Å². The van der Waals surface area contributed by atoms with E-state index in [2.05, 4.69) is 5.32 Å². The minimum Gasteiger partial charge on any atom is -0.508 e. The van der Waals surface area contributed by atoms with E-state index in [1.54, 1.807) is 19.9 Å². The van der Waals surface area contributed by atoms with Crippen LogP contribution in [0.25, 0.3) is 11.0 Å². The third kappa shape index (κ3) is 4.19. The van der Waals surface area contributed by atoms with Gasteiger partial charge in [-0.2, -0.15) is 11.8 Å². The van der Waals surface area contributed by atoms with Gasteiger partial charge in [-0.05, 0) is 50.0 Å². The number of carbonyl (C=O) groups excluding carboxylic acids is 1. The number of fused-ring (bicyclic) bond motifs is 1. The number of carboxylic acids is 1. The van der Waals surface area contributed by atoms with Crippen LogP contribution >= 0.6 is 11.8 Å². The number of hydrogen-bond donors (Lipinski definition) is 3. The van der Waals surface area contributed by atoms with Crippen molar-refractivity contribution in [1.29, 1.82) is 0 Å². The number of aromatic hydroxyl groups is 1. The Balaban J connectivity index is 2.30. The summed E-state index contributed by atoms with van der Waals surface area (Å²) in [4.78, 5) is 35.8. The number of aryl methyl sites for hydroxylation is 2. The molecule has 0 fully saturated rings. The van der Waals surface area contributed by atoms with E-state index in [4.69, 9.17) is 4.42 Å². The minimum absolute atomic E-state index is 0.0173. The SMILES string of the molecule is CSCC[C@@H](NC(=O)Cc1c(C)c2ccc(O)c(C)c2oc1=O)C(=O)O. The van der Waals surface area contributed by atoms with Gasteiger partial charge < -0.3 is 19.9 Å². The van der Waals surface area contributed by atoms with Crippen LogP contribution in [0.4, 0.5) is 0 Å². The fraction of sp³-hybridized carbons (Fsp3) is 0.389. The Bertz CT molecular complexity index is 905. The zero-order chi connectivity index (χ0) is 19.4. The molecule has 1 amide bonds. The van der Waals surface area contributed by atoms with Crippen LogP contribution in [-0.4, -0.2) is 40.1 Å². The summed E-state index contributed by atoms with van der Waals surface area (Å²) < 4.78 is 5.29. The van der Waals surface area contributed by atoms with E-state index in [-0.39, 0.29) is 23.3 Å². The molecule has 0 saturated carbocycles. The summed E-state index contributed by atoms with van der Waals surface area (Å²) in [6, 6.07) is 2.12. The fourth-order valence-electron chi connectivity index (χ4n) is 2.68. The van der Waals surface area contributed by atoms with Gasteiger partial charge >= 0.3 is 11.6 Å². The summed E-state index contributed by atoms with van der Waals surface area (Å²) in [6.07, 6.45) is 1.88. The summed E-state index contributed by atoms with van der Waals surface area (Å²) in [5.41, 5.74) is 0.802. The first-order valence-electron chi connectivity index (χ1n) is 8.02. The van der Waals surface area contributed by atoms with Gasteiger partial charge in [0.2, 0.25) is 5.91 Å². The Kier molecular flexibility index (Phi) is 6.31. The monoisotopic (exact) mass is 379 g/mol. The van der Waals surface area contributed by atoms with Gasteiger partial charge in [-0.3, -0.25) is 4.79 Å². The second kappa shape index (κ2) is 8.27. The van der Waals surface area contributed by atoms with E-state index >= 15 is 0 Å². The van der Waals surface area contributed by atoms with Crippen molar-refractivity contribution in [3.8, 4) is 5.75 Å². The second-order valence-electron chi connectivity index (χ2n) is 6.00. The molecule has 0 aliphatic heterocycles. The number of nitrogens with one attached hydrogen (secondary N) is 1. The molecule has 140 valence electrons. The first kappa shape index (κ1) is 19.8. The average Bonchev–Trinajstić information content (AvgIpc) is 2.58. The van der Waals surface area contributed by atoms with Crippen LogP contribution in [-0.2, 0) is 16.0 Å². The van der Waals surface area contributed by atoms with Crippen molar-refractivity contribution in [3.63, 3.8) is 0 Å². The smallest absolute Gasteiger partial charge is 0.340 e. The van der Waals surface area contributed by atoms with Gasteiger partial charge in [0.15, 0.2) is 0 Å². The molecule has 0 unspecified atom stereocenters. The molecule has 2 rings (SSSR count). The lowest BCUT2D eigenvalue weighted by Gasteiger charge is -2.15. The molecule has 3 N–H and O–H groups in total. The maximum atomic E-state index is 12.3. The Morgan fingerprint density at radius 2 is 1.96 bits per heavy atom. The van der Waals surface area contributed by atoms with Gasteiger partial charge in [-0.25, -0.2) is 9.59 Å². The van der Waals surface area contributed by atoms with Crippen molar-refractivity contribution in [1.82, 2.24) is 5.32 Å². The molecule has 0 spiro atoms. The quantitative estimate of drug-likeness (QED) is 0.630. The number of phenolic OH excluding ortho intramolecular Hbond substituents is 1. The zero-order valence-corrected chi connectivity index (χ0v) is 15.6. The first-order chi connectivity index (χ1) is 12.3. The van der Waals surface area contributed by atoms with Gasteiger partial charge in [0.05, 0.1) is 12.0 Å². The third-order valence-corrected chi connectivity index (χ3v) is 4.90. The largest absolute Gasteiger partial charge is 0.508 e. The van der Waals surface area contributed by atoms with Gasteiger partial charge in [0.1, 0.15) is 17.4 Å². The van der Waals surface area contributed by atoms with Crippen LogP contribution in [0, 0.1) is 13.8 Å². The van der Waals surface area contributed by atoms with E-state index in [0.717, 1.165) is 0 Å². The molecule has 26 heavy (non-hydrogen) atoms. The van der Waals surface area contributed by atoms with Crippen LogP contribution in [0.1, 0.15) is 23.1 Å². The molecule has 0 radical (unpaired) electrons. The molecular weight excluding hydrogens is 358 g/mol. The predicted molar refractivity (Wildman–Crippen MR) is 99.9 cm³/mol. The van der Waals surface area contributed by atoms with Gasteiger partial charge in [0.25, 0.3) is 0 Å². The highest BCUT2D eigenvalue weighted by Gasteiger charge is 2.22. The molecule has 1 atom stereocenters. The summed E-state index contributed by atoms with van der Waals surface area (Å²) in [5.74, 6) is -1.05. The predicted octanol–water partition coefficient (Wildman–Crippen LogP) is 1.98. The lowest BCUT2D eigenvalue weighted by atomic mass is 10.0. The summed E-state index contributed by atoms with van der Waals surface area (Å²) in [5, 5.41) is 22.0. The number of benzene rings is 1. The van der Waals surface area contributed by atoms with Crippen molar-refractivity contribution < 1.29 is 24.2 Å². The van der Waals surface area contributed by atoms with Crippen molar-refractivity contribution in [2.45, 2.75) is 32.7 Å². The molecule has 8 heteroatoms. The normalized spacial score (nSPS) is 12.1. The van der Waals surface area contributed by atoms with Crippen LogP contribution < -0.4 is 10.9 Å². The standard InChI is InChI=1S/C18H21NO6S/c1-9-11-4-5-14(20)10(2)16(11)25-18(24)12(9)8-15(21)19-13(17(22)23)6-7-26-3/h4-5,13,20H,6-8H2,1-3H3,(H,19,21)(H,22,23)/t13-/m1/s1. The fourth-order valence-corrected chi connectivity index (χ4v) is 3.15. The molecule has 1 aromatic heterocycles. The lowest BCUT2D eigenvalue weighted by molar-refractivity contribution is -0.141. The Morgan fingerprint density at radius 3 is 2.58 bits per heavy atom. The molecule has 0 aliphatic rings. The maximum Gasteiger partial charge on any atom is 0.340 e. The van der Waals surface area contributed by atoms with Crippen LogP contribution in [0.5, 0.6) is 5.75 Å². The molecule has 0 bridgehead atoms. The highest BCUT2D eigenvalue weighted by molar-refractivity contribution is 7.98. The first-order valence-corrected chi connectivity index (χ1v) is 9.41. The average molecular weight is 379 g/mol. The number of carboxylic acid groups (broad SMARTS) is 1. The van der Waals surface area contributed by atoms with Gasteiger partial charge in [-0.15, -0.1) is 0 Å². The maximum absolute atomic E-state index is 12.3. The Labute approximate surface area is 154 Å². The summed E-state index contributed by atoms with van der Waals surface area (Å²) in [7, 11) is 0. The van der Waals surface area contributed by atoms with Gasteiger partial charge in [-0.1, -0.05) is 0 Å².